The number of hydrogen-bond acceptors (Lipinski definition) is 4. The molecule has 0 spiro atoms. The van der Waals surface area contributed by atoms with Crippen LogP contribution in [0.2, 0.25) is 0 Å². The van der Waals surface area contributed by atoms with Crippen LogP contribution >= 0.6 is 0 Å². The van der Waals surface area contributed by atoms with Crippen molar-refractivity contribution in [1.82, 2.24) is 20.9 Å². The average Bonchev–Trinajstić information content (AvgIpc) is 2.81. The average molecular weight is 419 g/mol. The molecule has 166 valence electrons. The van der Waals surface area contributed by atoms with E-state index in [0.717, 1.165) is 30.6 Å². The summed E-state index contributed by atoms with van der Waals surface area (Å²) in [5, 5.41) is 8.69. The summed E-state index contributed by atoms with van der Waals surface area (Å²) in [5.74, 6) is 0.203. The molecule has 2 rings (SSSR count). The first-order chi connectivity index (χ1) is 14.4. The fraction of sp³-hybridized carbons (Fsp3) is 0.591. The molecule has 4 amide bonds. The molecule has 0 saturated carbocycles. The Balaban J connectivity index is 1.90. The molecule has 1 aliphatic heterocycles. The Kier molecular flexibility index (Phi) is 9.44. The van der Waals surface area contributed by atoms with Crippen molar-refractivity contribution in [3.05, 3.63) is 29.8 Å². The van der Waals surface area contributed by atoms with Crippen molar-refractivity contribution in [3.63, 3.8) is 0 Å². The molecule has 2 unspecified atom stereocenters. The SMILES string of the molecule is CCCNC(=O)NC1CCCC(C(=O)NCc2ccc(OC)cc2)CC(=O)N(C)C1. The number of methoxy groups -OCH3 is 1. The third kappa shape index (κ3) is 7.57. The van der Waals surface area contributed by atoms with Crippen LogP contribution < -0.4 is 20.7 Å². The first-order valence-corrected chi connectivity index (χ1v) is 10.6. The largest absolute Gasteiger partial charge is 0.497 e. The molecule has 0 radical (unpaired) electrons. The lowest BCUT2D eigenvalue weighted by Gasteiger charge is -2.24. The van der Waals surface area contributed by atoms with Crippen molar-refractivity contribution in [3.8, 4) is 5.75 Å². The van der Waals surface area contributed by atoms with E-state index in [-0.39, 0.29) is 36.2 Å². The molecule has 8 heteroatoms. The zero-order chi connectivity index (χ0) is 21.9. The van der Waals surface area contributed by atoms with Crippen LogP contribution in [0.4, 0.5) is 4.79 Å². The van der Waals surface area contributed by atoms with E-state index in [2.05, 4.69) is 16.0 Å². The smallest absolute Gasteiger partial charge is 0.315 e. The number of nitrogens with zero attached hydrogens (tertiary/aromatic N) is 1. The second-order valence-electron chi connectivity index (χ2n) is 7.77. The summed E-state index contributed by atoms with van der Waals surface area (Å²) in [6.45, 7) is 3.46. The molecule has 1 aromatic carbocycles. The molecule has 8 nitrogen and oxygen atoms in total. The second-order valence-corrected chi connectivity index (χ2v) is 7.77. The summed E-state index contributed by atoms with van der Waals surface area (Å²) < 4.78 is 5.14. The molecular formula is C22H34N4O4. The molecule has 0 aliphatic carbocycles. The van der Waals surface area contributed by atoms with Crippen LogP contribution in [0.1, 0.15) is 44.6 Å². The fourth-order valence-corrected chi connectivity index (χ4v) is 3.50. The molecule has 1 saturated heterocycles. The van der Waals surface area contributed by atoms with E-state index in [0.29, 0.717) is 26.1 Å². The Labute approximate surface area is 178 Å². The van der Waals surface area contributed by atoms with Crippen LogP contribution in [0, 0.1) is 5.92 Å². The van der Waals surface area contributed by atoms with Gasteiger partial charge in [-0.05, 0) is 37.0 Å². The monoisotopic (exact) mass is 418 g/mol. The topological polar surface area (TPSA) is 99.8 Å². The van der Waals surface area contributed by atoms with Crippen LogP contribution in [0.25, 0.3) is 0 Å². The van der Waals surface area contributed by atoms with Gasteiger partial charge in [0.05, 0.1) is 7.11 Å². The molecular weight excluding hydrogens is 384 g/mol. The zero-order valence-electron chi connectivity index (χ0n) is 18.2. The van der Waals surface area contributed by atoms with Crippen LogP contribution in [0.5, 0.6) is 5.75 Å². The highest BCUT2D eigenvalue weighted by molar-refractivity contribution is 5.85. The Morgan fingerprint density at radius 2 is 1.90 bits per heavy atom. The lowest BCUT2D eigenvalue weighted by molar-refractivity contribution is -0.135. The second kappa shape index (κ2) is 12.0. The Morgan fingerprint density at radius 1 is 1.17 bits per heavy atom. The summed E-state index contributed by atoms with van der Waals surface area (Å²) in [5.41, 5.74) is 0.970. The highest BCUT2D eigenvalue weighted by Crippen LogP contribution is 2.19. The van der Waals surface area contributed by atoms with E-state index in [4.69, 9.17) is 4.74 Å². The molecule has 1 aromatic rings. The van der Waals surface area contributed by atoms with E-state index in [1.54, 1.807) is 19.1 Å². The van der Waals surface area contributed by atoms with Gasteiger partial charge in [0, 0.05) is 45.1 Å². The molecule has 1 heterocycles. The first kappa shape index (κ1) is 23.5. The highest BCUT2D eigenvalue weighted by Gasteiger charge is 2.27. The highest BCUT2D eigenvalue weighted by atomic mass is 16.5. The number of nitrogens with one attached hydrogen (secondary N) is 3. The maximum Gasteiger partial charge on any atom is 0.315 e. The van der Waals surface area contributed by atoms with E-state index >= 15 is 0 Å². The number of ether oxygens (including phenoxy) is 1. The van der Waals surface area contributed by atoms with Gasteiger partial charge < -0.3 is 25.6 Å². The van der Waals surface area contributed by atoms with E-state index in [1.165, 1.54) is 0 Å². The van der Waals surface area contributed by atoms with Crippen LogP contribution in [-0.4, -0.2) is 56.0 Å². The molecule has 1 aliphatic rings. The molecule has 30 heavy (non-hydrogen) atoms. The Hall–Kier alpha value is -2.77. The van der Waals surface area contributed by atoms with Gasteiger partial charge >= 0.3 is 6.03 Å². The minimum atomic E-state index is -0.370. The zero-order valence-corrected chi connectivity index (χ0v) is 18.2. The molecule has 1 fully saturated rings. The fourth-order valence-electron chi connectivity index (χ4n) is 3.50. The summed E-state index contributed by atoms with van der Waals surface area (Å²) in [6, 6.07) is 7.17. The van der Waals surface area contributed by atoms with Crippen LogP contribution in [0.3, 0.4) is 0 Å². The Morgan fingerprint density at radius 3 is 2.57 bits per heavy atom. The minimum Gasteiger partial charge on any atom is -0.497 e. The van der Waals surface area contributed by atoms with Crippen molar-refractivity contribution in [1.29, 1.82) is 0 Å². The summed E-state index contributed by atoms with van der Waals surface area (Å²) >= 11 is 0. The van der Waals surface area contributed by atoms with Gasteiger partial charge in [0.1, 0.15) is 5.75 Å². The predicted molar refractivity (Wildman–Crippen MR) is 115 cm³/mol. The van der Waals surface area contributed by atoms with Crippen molar-refractivity contribution in [2.75, 3.05) is 27.2 Å². The van der Waals surface area contributed by atoms with E-state index in [9.17, 15) is 14.4 Å². The first-order valence-electron chi connectivity index (χ1n) is 10.6. The lowest BCUT2D eigenvalue weighted by atomic mass is 9.96. The van der Waals surface area contributed by atoms with Gasteiger partial charge in [-0.15, -0.1) is 0 Å². The molecule has 0 aromatic heterocycles. The van der Waals surface area contributed by atoms with Crippen molar-refractivity contribution < 1.29 is 19.1 Å². The van der Waals surface area contributed by atoms with Gasteiger partial charge in [0.25, 0.3) is 0 Å². The van der Waals surface area contributed by atoms with Gasteiger partial charge in [0.15, 0.2) is 0 Å². The molecule has 3 N–H and O–H groups in total. The van der Waals surface area contributed by atoms with Gasteiger partial charge in [-0.1, -0.05) is 25.5 Å². The van der Waals surface area contributed by atoms with Gasteiger partial charge in [-0.3, -0.25) is 9.59 Å². The molecule has 2 atom stereocenters. The number of carbonyl (C=O) groups is 3. The lowest BCUT2D eigenvalue weighted by Crippen LogP contribution is -2.48. The molecule has 0 bridgehead atoms. The Bertz CT molecular complexity index is 708. The third-order valence-corrected chi connectivity index (χ3v) is 5.31. The van der Waals surface area contributed by atoms with Gasteiger partial charge in [-0.2, -0.15) is 0 Å². The number of carbonyl (C=O) groups excluding carboxylic acids is 3. The predicted octanol–water partition coefficient (Wildman–Crippen LogP) is 2.04. The summed E-state index contributed by atoms with van der Waals surface area (Å²) in [6.07, 6.45) is 3.15. The van der Waals surface area contributed by atoms with E-state index < -0.39 is 0 Å². The van der Waals surface area contributed by atoms with Gasteiger partial charge in [0.2, 0.25) is 11.8 Å². The van der Waals surface area contributed by atoms with Crippen LogP contribution in [-0.2, 0) is 16.1 Å². The number of benzene rings is 1. The third-order valence-electron chi connectivity index (χ3n) is 5.31. The summed E-state index contributed by atoms with van der Waals surface area (Å²) in [7, 11) is 3.33. The minimum absolute atomic E-state index is 0.0812. The number of urea groups is 1. The van der Waals surface area contributed by atoms with Crippen LogP contribution in [0.15, 0.2) is 24.3 Å². The van der Waals surface area contributed by atoms with Crippen molar-refractivity contribution >= 4 is 17.8 Å². The number of amides is 4. The van der Waals surface area contributed by atoms with Gasteiger partial charge in [-0.25, -0.2) is 4.79 Å². The quantitative estimate of drug-likeness (QED) is 0.631. The standard InChI is InChI=1S/C22H34N4O4/c1-4-12-23-22(29)25-18-7-5-6-17(13-20(27)26(2)15-18)21(28)24-14-16-8-10-19(30-3)11-9-16/h8-11,17-18H,4-7,12-15H2,1-3H3,(H,24,28)(H2,23,25,29). The van der Waals surface area contributed by atoms with Crippen molar-refractivity contribution in [2.24, 2.45) is 5.92 Å². The number of rotatable bonds is 7. The number of likely N-dealkylation sites (N-methyl/N-ethyl adjacent to an activating group) is 1. The number of hydrogen-bond donors (Lipinski definition) is 3. The normalized spacial score (nSPS) is 19.8. The van der Waals surface area contributed by atoms with E-state index in [1.807, 2.05) is 31.2 Å². The van der Waals surface area contributed by atoms with Crippen molar-refractivity contribution in [2.45, 2.75) is 51.6 Å². The maximum absolute atomic E-state index is 12.7. The maximum atomic E-state index is 12.7. The summed E-state index contributed by atoms with van der Waals surface area (Å²) in [4.78, 5) is 38.9.